The van der Waals surface area contributed by atoms with E-state index < -0.39 is 0 Å². The molecule has 0 aliphatic carbocycles. The van der Waals surface area contributed by atoms with Crippen molar-refractivity contribution in [2.75, 3.05) is 0 Å². The molecule has 0 atom stereocenters. The molecule has 4 aromatic rings. The van der Waals surface area contributed by atoms with Gasteiger partial charge in [0.15, 0.2) is 0 Å². The van der Waals surface area contributed by atoms with Gasteiger partial charge in [-0.15, -0.1) is 10.2 Å². The van der Waals surface area contributed by atoms with Crippen molar-refractivity contribution < 1.29 is 4.52 Å². The van der Waals surface area contributed by atoms with Crippen molar-refractivity contribution in [1.29, 1.82) is 0 Å². The monoisotopic (exact) mass is 466 g/mol. The van der Waals surface area contributed by atoms with Gasteiger partial charge in [-0.1, -0.05) is 83.1 Å². The minimum Gasteiger partial charge on any atom is -0.338 e. The van der Waals surface area contributed by atoms with Gasteiger partial charge in [0.25, 0.3) is 0 Å². The van der Waals surface area contributed by atoms with Gasteiger partial charge in [-0.25, -0.2) is 0 Å². The van der Waals surface area contributed by atoms with Gasteiger partial charge < -0.3 is 4.52 Å². The Morgan fingerprint density at radius 3 is 2.45 bits per heavy atom. The molecular weight excluding hydrogens is 448 g/mol. The van der Waals surface area contributed by atoms with Crippen molar-refractivity contribution in [3.63, 3.8) is 0 Å². The van der Waals surface area contributed by atoms with E-state index in [0.29, 0.717) is 23.4 Å². The Morgan fingerprint density at radius 1 is 0.966 bits per heavy atom. The Balaban J connectivity index is 1.40. The second kappa shape index (κ2) is 8.88. The molecule has 0 N–H and O–H groups in total. The third-order valence-corrected chi connectivity index (χ3v) is 6.04. The zero-order valence-electron chi connectivity index (χ0n) is 16.0. The molecule has 0 unspecified atom stereocenters. The van der Waals surface area contributed by atoms with E-state index in [0.717, 1.165) is 26.3 Å². The molecule has 2 aromatic carbocycles. The lowest BCUT2D eigenvalue weighted by Gasteiger charge is -2.06. The van der Waals surface area contributed by atoms with E-state index in [4.69, 9.17) is 4.52 Å². The quantitative estimate of drug-likeness (QED) is 0.307. The highest BCUT2D eigenvalue weighted by Gasteiger charge is 2.12. The molecule has 0 saturated heterocycles. The van der Waals surface area contributed by atoms with Crippen molar-refractivity contribution >= 4 is 27.7 Å². The van der Waals surface area contributed by atoms with Gasteiger partial charge >= 0.3 is 0 Å². The smallest absolute Gasteiger partial charge is 0.237 e. The molecule has 0 radical (unpaired) electrons. The molecule has 2 heterocycles. The fourth-order valence-electron chi connectivity index (χ4n) is 2.79. The largest absolute Gasteiger partial charge is 0.338 e. The van der Waals surface area contributed by atoms with Crippen molar-refractivity contribution in [2.24, 2.45) is 0 Å². The highest BCUT2D eigenvalue weighted by molar-refractivity contribution is 9.10. The molecule has 0 bridgehead atoms. The minimum absolute atomic E-state index is 0.516. The lowest BCUT2D eigenvalue weighted by atomic mass is 10.0. The average molecular weight is 467 g/mol. The zero-order chi connectivity index (χ0) is 20.2. The predicted molar refractivity (Wildman–Crippen MR) is 119 cm³/mol. The molecule has 0 saturated carbocycles. The second-order valence-corrected chi connectivity index (χ2v) is 8.66. The Kier molecular flexibility index (Phi) is 6.06. The van der Waals surface area contributed by atoms with E-state index in [1.165, 1.54) is 17.3 Å². The molecule has 146 valence electrons. The van der Waals surface area contributed by atoms with E-state index in [1.807, 2.05) is 36.4 Å². The molecular formula is C22H19BrN4OS. The summed E-state index contributed by atoms with van der Waals surface area (Å²) in [6.07, 6.45) is 0. The maximum atomic E-state index is 5.37. The van der Waals surface area contributed by atoms with Crippen molar-refractivity contribution in [1.82, 2.24) is 20.3 Å². The number of hydrogen-bond donors (Lipinski definition) is 0. The first-order valence-corrected chi connectivity index (χ1v) is 11.0. The molecule has 0 amide bonds. The van der Waals surface area contributed by atoms with Crippen molar-refractivity contribution in [2.45, 2.75) is 30.5 Å². The fourth-order valence-corrected chi connectivity index (χ4v) is 3.90. The SMILES string of the molecule is CC(C)c1ccc(-c2ccc(SCc3nc(-c4ccccc4Br)no3)nn2)cc1. The van der Waals surface area contributed by atoms with Gasteiger partial charge in [0.05, 0.1) is 11.4 Å². The normalized spacial score (nSPS) is 11.2. The van der Waals surface area contributed by atoms with Gasteiger partial charge in [-0.2, -0.15) is 4.98 Å². The third kappa shape index (κ3) is 4.74. The molecule has 0 fully saturated rings. The van der Waals surface area contributed by atoms with E-state index in [1.54, 1.807) is 0 Å². The van der Waals surface area contributed by atoms with E-state index in [-0.39, 0.29) is 0 Å². The molecule has 5 nitrogen and oxygen atoms in total. The van der Waals surface area contributed by atoms with E-state index >= 15 is 0 Å². The van der Waals surface area contributed by atoms with Crippen LogP contribution < -0.4 is 0 Å². The van der Waals surface area contributed by atoms with Gasteiger partial charge in [0, 0.05) is 15.6 Å². The Hall–Kier alpha value is -2.51. The summed E-state index contributed by atoms with van der Waals surface area (Å²) in [6.45, 7) is 4.37. The number of halogens is 1. The summed E-state index contributed by atoms with van der Waals surface area (Å²) in [4.78, 5) is 4.47. The van der Waals surface area contributed by atoms with Gasteiger partial charge in [-0.3, -0.25) is 0 Å². The summed E-state index contributed by atoms with van der Waals surface area (Å²) in [5.74, 6) is 2.17. The van der Waals surface area contributed by atoms with Crippen LogP contribution in [0.5, 0.6) is 0 Å². The molecule has 2 aromatic heterocycles. The fraction of sp³-hybridized carbons (Fsp3) is 0.182. The van der Waals surface area contributed by atoms with Crippen LogP contribution in [-0.2, 0) is 5.75 Å². The van der Waals surface area contributed by atoms with Gasteiger partial charge in [0.1, 0.15) is 5.03 Å². The number of nitrogens with zero attached hydrogens (tertiary/aromatic N) is 4. The van der Waals surface area contributed by atoms with Crippen LogP contribution in [0.15, 0.2) is 74.7 Å². The summed E-state index contributed by atoms with van der Waals surface area (Å²) in [6, 6.07) is 20.2. The maximum Gasteiger partial charge on any atom is 0.237 e. The minimum atomic E-state index is 0.516. The summed E-state index contributed by atoms with van der Waals surface area (Å²) in [7, 11) is 0. The van der Waals surface area contributed by atoms with Crippen LogP contribution in [0.2, 0.25) is 0 Å². The van der Waals surface area contributed by atoms with Crippen LogP contribution in [-0.4, -0.2) is 20.3 Å². The lowest BCUT2D eigenvalue weighted by Crippen LogP contribution is -1.91. The third-order valence-electron chi connectivity index (χ3n) is 4.44. The summed E-state index contributed by atoms with van der Waals surface area (Å²) >= 11 is 5.02. The Bertz CT molecular complexity index is 1090. The first-order valence-electron chi connectivity index (χ1n) is 9.24. The summed E-state index contributed by atoms with van der Waals surface area (Å²) in [5, 5.41) is 13.6. The van der Waals surface area contributed by atoms with Crippen LogP contribution in [0.25, 0.3) is 22.6 Å². The van der Waals surface area contributed by atoms with E-state index in [2.05, 4.69) is 74.4 Å². The number of benzene rings is 2. The van der Waals surface area contributed by atoms with Gasteiger partial charge in [0.2, 0.25) is 11.7 Å². The molecule has 7 heteroatoms. The Labute approximate surface area is 182 Å². The topological polar surface area (TPSA) is 64.7 Å². The molecule has 0 spiro atoms. The first-order chi connectivity index (χ1) is 14.1. The van der Waals surface area contributed by atoms with Crippen LogP contribution in [0.4, 0.5) is 0 Å². The van der Waals surface area contributed by atoms with Gasteiger partial charge in [-0.05, 0) is 35.7 Å². The van der Waals surface area contributed by atoms with Crippen LogP contribution >= 0.6 is 27.7 Å². The summed E-state index contributed by atoms with van der Waals surface area (Å²) in [5.41, 5.74) is 4.14. The molecule has 0 aliphatic heterocycles. The Morgan fingerprint density at radius 2 is 1.76 bits per heavy atom. The standard InChI is InChI=1S/C22H19BrN4OS/c1-14(2)15-7-9-16(10-8-15)19-11-12-21(26-25-19)29-13-20-24-22(27-28-20)17-5-3-4-6-18(17)23/h3-12,14H,13H2,1-2H3. The van der Waals surface area contributed by atoms with Crippen LogP contribution in [0.1, 0.15) is 31.2 Å². The number of rotatable bonds is 6. The summed E-state index contributed by atoms with van der Waals surface area (Å²) < 4.78 is 6.30. The molecule has 0 aliphatic rings. The number of thioether (sulfide) groups is 1. The zero-order valence-corrected chi connectivity index (χ0v) is 18.4. The lowest BCUT2D eigenvalue weighted by molar-refractivity contribution is 0.391. The predicted octanol–water partition coefficient (Wildman–Crippen LogP) is 6.37. The number of hydrogen-bond acceptors (Lipinski definition) is 6. The number of aromatic nitrogens is 4. The molecule has 29 heavy (non-hydrogen) atoms. The first kappa shape index (κ1) is 19.8. The molecule has 4 rings (SSSR count). The average Bonchev–Trinajstić information content (AvgIpc) is 3.22. The highest BCUT2D eigenvalue weighted by atomic mass is 79.9. The van der Waals surface area contributed by atoms with Crippen molar-refractivity contribution in [3.8, 4) is 22.6 Å². The van der Waals surface area contributed by atoms with E-state index in [9.17, 15) is 0 Å². The van der Waals surface area contributed by atoms with Crippen LogP contribution in [0.3, 0.4) is 0 Å². The van der Waals surface area contributed by atoms with Crippen molar-refractivity contribution in [3.05, 3.63) is 76.6 Å². The second-order valence-electron chi connectivity index (χ2n) is 6.81. The maximum absolute atomic E-state index is 5.37. The highest BCUT2D eigenvalue weighted by Crippen LogP contribution is 2.27. The van der Waals surface area contributed by atoms with Crippen LogP contribution in [0, 0.1) is 0 Å².